The van der Waals surface area contributed by atoms with Crippen LogP contribution in [0.4, 0.5) is 13.2 Å². The minimum Gasteiger partial charge on any atom is -0.475 e. The van der Waals surface area contributed by atoms with Crippen LogP contribution in [-0.2, 0) is 18.3 Å². The highest BCUT2D eigenvalue weighted by atomic mass is 19.4. The van der Waals surface area contributed by atoms with Crippen molar-refractivity contribution < 1.29 is 33.0 Å². The zero-order valence-electron chi connectivity index (χ0n) is 15.0. The largest absolute Gasteiger partial charge is 0.490 e. The Morgan fingerprint density at radius 2 is 1.96 bits per heavy atom. The van der Waals surface area contributed by atoms with Crippen LogP contribution in [0, 0.1) is 0 Å². The molecule has 0 aliphatic carbocycles. The van der Waals surface area contributed by atoms with Gasteiger partial charge in [-0.2, -0.15) is 13.2 Å². The number of amides is 1. The quantitative estimate of drug-likeness (QED) is 0.822. The Morgan fingerprint density at radius 1 is 1.29 bits per heavy atom. The Balaban J connectivity index is 0.000000345. The van der Waals surface area contributed by atoms with E-state index in [0.29, 0.717) is 25.1 Å². The van der Waals surface area contributed by atoms with Gasteiger partial charge in [0.25, 0.3) is 5.91 Å². The van der Waals surface area contributed by atoms with Crippen molar-refractivity contribution in [3.8, 4) is 0 Å². The number of aliphatic hydroxyl groups excluding tert-OH is 1. The number of halogens is 3. The van der Waals surface area contributed by atoms with E-state index in [1.807, 2.05) is 42.1 Å². The highest BCUT2D eigenvalue weighted by Gasteiger charge is 2.38. The third-order valence-corrected chi connectivity index (χ3v) is 4.34. The summed E-state index contributed by atoms with van der Waals surface area (Å²) in [5.74, 6) is -2.78. The molecule has 1 fully saturated rings. The topological polar surface area (TPSA) is 95.7 Å². The molecule has 0 saturated carbocycles. The fraction of sp³-hybridized carbons (Fsp3) is 0.389. The van der Waals surface area contributed by atoms with Crippen LogP contribution in [0.15, 0.2) is 42.9 Å². The molecule has 10 heteroatoms. The van der Waals surface area contributed by atoms with Gasteiger partial charge in [0.2, 0.25) is 0 Å². The molecule has 1 amide bonds. The number of aromatic nitrogens is 2. The van der Waals surface area contributed by atoms with Gasteiger partial charge in [-0.1, -0.05) is 6.07 Å². The first-order valence-electron chi connectivity index (χ1n) is 8.40. The first-order chi connectivity index (χ1) is 13.1. The van der Waals surface area contributed by atoms with Crippen LogP contribution < -0.4 is 0 Å². The van der Waals surface area contributed by atoms with Gasteiger partial charge in [-0.3, -0.25) is 9.78 Å². The van der Waals surface area contributed by atoms with E-state index in [-0.39, 0.29) is 11.9 Å². The van der Waals surface area contributed by atoms with E-state index in [0.717, 1.165) is 5.56 Å². The van der Waals surface area contributed by atoms with E-state index in [2.05, 4.69) is 4.98 Å². The Hall–Kier alpha value is -2.88. The summed E-state index contributed by atoms with van der Waals surface area (Å²) in [7, 11) is 1.86. The molecule has 3 rings (SSSR count). The minimum absolute atomic E-state index is 0.0204. The highest BCUT2D eigenvalue weighted by molar-refractivity contribution is 5.93. The molecule has 0 spiro atoms. The molecule has 2 atom stereocenters. The lowest BCUT2D eigenvalue weighted by Crippen LogP contribution is -2.41. The molecule has 2 N–H and O–H groups in total. The monoisotopic (exact) mass is 399 g/mol. The number of hydrogen-bond donors (Lipinski definition) is 2. The van der Waals surface area contributed by atoms with Crippen LogP contribution in [0.3, 0.4) is 0 Å². The van der Waals surface area contributed by atoms with E-state index < -0.39 is 18.2 Å². The summed E-state index contributed by atoms with van der Waals surface area (Å²) >= 11 is 0. The van der Waals surface area contributed by atoms with Gasteiger partial charge in [-0.15, -0.1) is 0 Å². The number of carbonyl (C=O) groups excluding carboxylic acids is 1. The van der Waals surface area contributed by atoms with Crippen molar-refractivity contribution in [3.63, 3.8) is 0 Å². The van der Waals surface area contributed by atoms with Crippen molar-refractivity contribution in [1.82, 2.24) is 14.5 Å². The molecule has 152 valence electrons. The van der Waals surface area contributed by atoms with Gasteiger partial charge in [0.05, 0.1) is 12.1 Å². The van der Waals surface area contributed by atoms with Gasteiger partial charge >= 0.3 is 12.1 Å². The summed E-state index contributed by atoms with van der Waals surface area (Å²) in [5.41, 5.74) is 1.69. The number of carboxylic acid groups (broad SMARTS) is 1. The summed E-state index contributed by atoms with van der Waals surface area (Å²) in [5, 5.41) is 17.3. The van der Waals surface area contributed by atoms with Crippen molar-refractivity contribution in [2.24, 2.45) is 7.05 Å². The maximum absolute atomic E-state index is 12.7. The summed E-state index contributed by atoms with van der Waals surface area (Å²) in [6.07, 6.45) is 1.06. The number of rotatable bonds is 3. The fourth-order valence-corrected chi connectivity index (χ4v) is 2.93. The van der Waals surface area contributed by atoms with Crippen LogP contribution in [-0.4, -0.2) is 61.4 Å². The maximum Gasteiger partial charge on any atom is 0.490 e. The normalized spacial score (nSPS) is 19.1. The summed E-state index contributed by atoms with van der Waals surface area (Å²) in [6.45, 7) is 0.593. The number of aryl methyl sites for hydroxylation is 1. The molecule has 7 nitrogen and oxygen atoms in total. The number of alkyl halides is 3. The van der Waals surface area contributed by atoms with E-state index in [1.54, 1.807) is 17.3 Å². The first-order valence-corrected chi connectivity index (χ1v) is 8.40. The van der Waals surface area contributed by atoms with Crippen molar-refractivity contribution >= 4 is 11.9 Å². The van der Waals surface area contributed by atoms with Crippen LogP contribution in [0.5, 0.6) is 0 Å². The lowest BCUT2D eigenvalue weighted by atomic mass is 10.0. The van der Waals surface area contributed by atoms with Crippen molar-refractivity contribution in [2.75, 3.05) is 6.54 Å². The molecule has 0 radical (unpaired) electrons. The molecule has 1 aliphatic heterocycles. The lowest BCUT2D eigenvalue weighted by molar-refractivity contribution is -0.192. The molecule has 0 unspecified atom stereocenters. The number of likely N-dealkylation sites (tertiary alicyclic amines) is 1. The Bertz CT molecular complexity index is 808. The number of carbonyl (C=O) groups is 2. The van der Waals surface area contributed by atoms with Gasteiger partial charge in [0.1, 0.15) is 5.69 Å². The van der Waals surface area contributed by atoms with Gasteiger partial charge < -0.3 is 19.7 Å². The van der Waals surface area contributed by atoms with E-state index in [1.165, 1.54) is 0 Å². The average Bonchev–Trinajstić information content (AvgIpc) is 3.21. The SMILES string of the molecule is Cn1cccc1C(=O)N1CC[C@@H](O)[C@@H]1Cc1cccnc1.O=C(O)C(F)(F)F. The Morgan fingerprint density at radius 3 is 2.46 bits per heavy atom. The molecule has 0 bridgehead atoms. The number of pyridine rings is 1. The second kappa shape index (κ2) is 8.87. The van der Waals surface area contributed by atoms with Crippen LogP contribution in [0.2, 0.25) is 0 Å². The molecular formula is C18H20F3N3O4. The number of aliphatic hydroxyl groups is 1. The molecule has 2 aromatic rings. The number of hydrogen-bond acceptors (Lipinski definition) is 4. The zero-order chi connectivity index (χ0) is 20.9. The minimum atomic E-state index is -5.08. The van der Waals surface area contributed by atoms with Crippen LogP contribution >= 0.6 is 0 Å². The zero-order valence-corrected chi connectivity index (χ0v) is 15.0. The third-order valence-electron chi connectivity index (χ3n) is 4.34. The van der Waals surface area contributed by atoms with E-state index >= 15 is 0 Å². The molecular weight excluding hydrogens is 379 g/mol. The standard InChI is InChI=1S/C16H19N3O2.C2HF3O2/c1-18-8-3-5-13(18)16(21)19-9-6-15(20)14(19)10-12-4-2-7-17-11-12;3-2(4,5)1(6)7/h2-5,7-8,11,14-15,20H,6,9-10H2,1H3;(H,6,7)/t14-,15+;/m0./s1. The van der Waals surface area contributed by atoms with E-state index in [4.69, 9.17) is 9.90 Å². The molecule has 2 aromatic heterocycles. The summed E-state index contributed by atoms with van der Waals surface area (Å²) in [6, 6.07) is 7.34. The van der Waals surface area contributed by atoms with Gasteiger partial charge in [0.15, 0.2) is 0 Å². The van der Waals surface area contributed by atoms with Crippen molar-refractivity contribution in [3.05, 3.63) is 54.1 Å². The van der Waals surface area contributed by atoms with Gasteiger partial charge in [-0.25, -0.2) is 4.79 Å². The van der Waals surface area contributed by atoms with Gasteiger partial charge in [0, 0.05) is 32.2 Å². The Kier molecular flexibility index (Phi) is 6.79. The number of aliphatic carboxylic acids is 1. The second-order valence-electron chi connectivity index (χ2n) is 6.29. The maximum atomic E-state index is 12.7. The second-order valence-corrected chi connectivity index (χ2v) is 6.29. The molecule has 1 aliphatic rings. The van der Waals surface area contributed by atoms with E-state index in [9.17, 15) is 23.1 Å². The molecule has 3 heterocycles. The average molecular weight is 399 g/mol. The Labute approximate surface area is 159 Å². The number of nitrogens with zero attached hydrogens (tertiary/aromatic N) is 3. The fourth-order valence-electron chi connectivity index (χ4n) is 2.93. The molecule has 0 aromatic carbocycles. The predicted octanol–water partition coefficient (Wildman–Crippen LogP) is 1.87. The van der Waals surface area contributed by atoms with Crippen LogP contribution in [0.25, 0.3) is 0 Å². The molecule has 1 saturated heterocycles. The number of carboxylic acids is 1. The summed E-state index contributed by atoms with van der Waals surface area (Å²) in [4.78, 5) is 27.4. The third kappa shape index (κ3) is 5.32. The predicted molar refractivity (Wildman–Crippen MR) is 92.5 cm³/mol. The summed E-state index contributed by atoms with van der Waals surface area (Å²) < 4.78 is 33.5. The first kappa shape index (κ1) is 21.4. The van der Waals surface area contributed by atoms with Crippen LogP contribution in [0.1, 0.15) is 22.5 Å². The molecule has 28 heavy (non-hydrogen) atoms. The van der Waals surface area contributed by atoms with Crippen molar-refractivity contribution in [1.29, 1.82) is 0 Å². The highest BCUT2D eigenvalue weighted by Crippen LogP contribution is 2.24. The lowest BCUT2D eigenvalue weighted by Gasteiger charge is -2.26. The smallest absolute Gasteiger partial charge is 0.475 e. The van der Waals surface area contributed by atoms with Crippen molar-refractivity contribution in [2.45, 2.75) is 31.2 Å². The van der Waals surface area contributed by atoms with Gasteiger partial charge in [-0.05, 0) is 36.6 Å².